The van der Waals surface area contributed by atoms with Gasteiger partial charge in [-0.25, -0.2) is 9.59 Å². The Morgan fingerprint density at radius 3 is 1.45 bits per heavy atom. The summed E-state index contributed by atoms with van der Waals surface area (Å²) in [6.07, 6.45) is 0. The van der Waals surface area contributed by atoms with Gasteiger partial charge in [0.25, 0.3) is 11.1 Å². The van der Waals surface area contributed by atoms with Crippen LogP contribution < -0.4 is 32.0 Å². The van der Waals surface area contributed by atoms with E-state index in [1.807, 2.05) is 112 Å². The summed E-state index contributed by atoms with van der Waals surface area (Å²) < 4.78 is 13.4. The van der Waals surface area contributed by atoms with Gasteiger partial charge in [-0.2, -0.15) is 0 Å². The van der Waals surface area contributed by atoms with Gasteiger partial charge in [-0.1, -0.05) is 69.2 Å². The summed E-state index contributed by atoms with van der Waals surface area (Å²) >= 11 is 0. The highest BCUT2D eigenvalue weighted by molar-refractivity contribution is 5.40. The van der Waals surface area contributed by atoms with Crippen molar-refractivity contribution in [1.82, 2.24) is 19.5 Å². The Morgan fingerprint density at radius 1 is 0.551 bits per heavy atom. The zero-order valence-electron chi connectivity index (χ0n) is 30.0. The second-order valence-corrected chi connectivity index (χ2v) is 13.4. The average Bonchev–Trinajstić information content (AvgIpc) is 2.93. The molecule has 3 N–H and O–H groups in total. The van der Waals surface area contributed by atoms with E-state index in [9.17, 15) is 19.2 Å². The van der Waals surface area contributed by atoms with Crippen molar-refractivity contribution >= 4 is 0 Å². The highest BCUT2D eigenvalue weighted by atomic mass is 16.5. The Bertz CT molecular complexity index is 2160. The first-order valence-corrected chi connectivity index (χ1v) is 16.3. The predicted molar refractivity (Wildman–Crippen MR) is 194 cm³/mol. The first-order valence-electron chi connectivity index (χ1n) is 16.3. The summed E-state index contributed by atoms with van der Waals surface area (Å²) in [5.41, 5.74) is 6.49. The predicted octanol–water partition coefficient (Wildman–Crippen LogP) is 7.33. The molecular formula is C39H46N4O6. The van der Waals surface area contributed by atoms with Crippen molar-refractivity contribution in [3.05, 3.63) is 146 Å². The van der Waals surface area contributed by atoms with Crippen LogP contribution in [0, 0.1) is 41.5 Å². The summed E-state index contributed by atoms with van der Waals surface area (Å²) in [6, 6.07) is 17.8. The lowest BCUT2D eigenvalue weighted by atomic mass is 10.1. The highest BCUT2D eigenvalue weighted by Crippen LogP contribution is 2.29. The van der Waals surface area contributed by atoms with Crippen LogP contribution in [-0.4, -0.2) is 19.5 Å². The second-order valence-electron chi connectivity index (χ2n) is 13.4. The van der Waals surface area contributed by atoms with E-state index in [1.165, 1.54) is 4.57 Å². The van der Waals surface area contributed by atoms with Gasteiger partial charge in [0.1, 0.15) is 11.5 Å². The molecule has 0 spiro atoms. The minimum absolute atomic E-state index is 0.0588. The lowest BCUT2D eigenvalue weighted by Crippen LogP contribution is -2.34. The topological polar surface area (TPSA) is 139 Å². The van der Waals surface area contributed by atoms with Crippen LogP contribution in [0.4, 0.5) is 0 Å². The van der Waals surface area contributed by atoms with E-state index >= 15 is 0 Å². The molecule has 0 saturated carbocycles. The number of H-pyrrole nitrogens is 3. The third-order valence-corrected chi connectivity index (χ3v) is 7.73. The number of aromatic amines is 3. The number of nitrogens with zero attached hydrogens (tertiary/aromatic N) is 1. The zero-order valence-corrected chi connectivity index (χ0v) is 30.0. The molecule has 0 unspecified atom stereocenters. The highest BCUT2D eigenvalue weighted by Gasteiger charge is 2.21. The van der Waals surface area contributed by atoms with Crippen LogP contribution in [0.3, 0.4) is 0 Å². The van der Waals surface area contributed by atoms with Gasteiger partial charge in [-0.3, -0.25) is 29.1 Å². The molecule has 0 aliphatic rings. The number of aromatic nitrogens is 4. The van der Waals surface area contributed by atoms with Crippen LogP contribution in [0.15, 0.2) is 73.8 Å². The number of nitrogens with one attached hydrogen (secondary N) is 3. The number of aryl methyl sites for hydroxylation is 6. The Hall–Kier alpha value is -5.38. The summed E-state index contributed by atoms with van der Waals surface area (Å²) in [7, 11) is 0. The van der Waals surface area contributed by atoms with Crippen molar-refractivity contribution in [2.75, 3.05) is 0 Å². The molecule has 5 aromatic rings. The Kier molecular flexibility index (Phi) is 11.3. The number of rotatable bonds is 8. The first-order chi connectivity index (χ1) is 23.0. The zero-order chi connectivity index (χ0) is 36.2. The molecule has 258 valence electrons. The fourth-order valence-electron chi connectivity index (χ4n) is 5.97. The third kappa shape index (κ3) is 9.37. The largest absolute Gasteiger partial charge is 0.440 e. The Morgan fingerprint density at radius 2 is 0.980 bits per heavy atom. The quantitative estimate of drug-likeness (QED) is 0.159. The molecule has 10 heteroatoms. The van der Waals surface area contributed by atoms with E-state index in [4.69, 9.17) is 9.47 Å². The maximum Gasteiger partial charge on any atom is 0.331 e. The fraction of sp³-hybridized carbons (Fsp3) is 0.333. The number of benzene rings is 3. The maximum atomic E-state index is 12.8. The van der Waals surface area contributed by atoms with Gasteiger partial charge in [-0.05, 0) is 105 Å². The van der Waals surface area contributed by atoms with Crippen molar-refractivity contribution in [3.8, 4) is 23.3 Å². The maximum absolute atomic E-state index is 12.8. The van der Waals surface area contributed by atoms with Gasteiger partial charge >= 0.3 is 11.4 Å². The van der Waals surface area contributed by atoms with E-state index in [1.54, 1.807) is 0 Å². The van der Waals surface area contributed by atoms with Gasteiger partial charge in [-0.15, -0.1) is 0 Å². The normalized spacial score (nSPS) is 11.0. The summed E-state index contributed by atoms with van der Waals surface area (Å²) in [6.45, 7) is 19.9. The molecule has 0 fully saturated rings. The third-order valence-electron chi connectivity index (χ3n) is 7.73. The van der Waals surface area contributed by atoms with Gasteiger partial charge in [0.15, 0.2) is 0 Å². The van der Waals surface area contributed by atoms with Crippen molar-refractivity contribution < 1.29 is 9.47 Å². The van der Waals surface area contributed by atoms with Crippen molar-refractivity contribution in [2.45, 2.75) is 87.6 Å². The van der Waals surface area contributed by atoms with Crippen molar-refractivity contribution in [1.29, 1.82) is 0 Å². The molecule has 2 heterocycles. The lowest BCUT2D eigenvalue weighted by molar-refractivity contribution is 0.410. The van der Waals surface area contributed by atoms with Crippen molar-refractivity contribution in [2.24, 2.45) is 0 Å². The fourth-order valence-corrected chi connectivity index (χ4v) is 5.97. The molecule has 5 rings (SSSR count). The molecule has 0 aliphatic heterocycles. The van der Waals surface area contributed by atoms with Crippen molar-refractivity contribution in [3.63, 3.8) is 0 Å². The Labute approximate surface area is 285 Å². The molecule has 0 bridgehead atoms. The van der Waals surface area contributed by atoms with E-state index in [2.05, 4.69) is 27.1 Å². The van der Waals surface area contributed by atoms with E-state index < -0.39 is 22.5 Å². The van der Waals surface area contributed by atoms with Gasteiger partial charge in [0.2, 0.25) is 11.8 Å². The van der Waals surface area contributed by atoms with Gasteiger partial charge in [0, 0.05) is 0 Å². The van der Waals surface area contributed by atoms with Crippen LogP contribution in [0.5, 0.6) is 23.3 Å². The van der Waals surface area contributed by atoms with Crippen LogP contribution in [0.2, 0.25) is 0 Å². The standard InChI is InChI=1S/C24H28N2O3.C15H18N2O3/c1-14(2)21-22(27)25-24(28)26(13-19-9-15(3)7-16(4)10-19)23(21)29-20-11-17(5)8-18(6)12-20;1-8(2)12-13(18)16-15(19)17-14(12)20-11-6-9(3)5-10(4)7-11/h7-12,14H,13H2,1-6H3,(H,25,27,28);5-8H,1-4H3,(H2,16,17,18,19). The number of hydrogen-bond donors (Lipinski definition) is 3. The van der Waals surface area contributed by atoms with Crippen LogP contribution in [0.25, 0.3) is 0 Å². The molecule has 0 radical (unpaired) electrons. The van der Waals surface area contributed by atoms with E-state index in [0.29, 0.717) is 35.1 Å². The summed E-state index contributed by atoms with van der Waals surface area (Å²) in [5.74, 6) is 1.56. The van der Waals surface area contributed by atoms with Crippen LogP contribution in [0.1, 0.15) is 89.6 Å². The minimum atomic E-state index is -0.571. The van der Waals surface area contributed by atoms with Crippen LogP contribution >= 0.6 is 0 Å². The minimum Gasteiger partial charge on any atom is -0.440 e. The number of ether oxygens (including phenoxy) is 2. The summed E-state index contributed by atoms with van der Waals surface area (Å²) in [4.78, 5) is 55.9. The molecule has 0 aliphatic carbocycles. The van der Waals surface area contributed by atoms with Crippen LogP contribution in [-0.2, 0) is 6.54 Å². The van der Waals surface area contributed by atoms with E-state index in [0.717, 1.165) is 38.9 Å². The average molecular weight is 667 g/mol. The molecule has 49 heavy (non-hydrogen) atoms. The molecule has 0 saturated heterocycles. The number of hydrogen-bond acceptors (Lipinski definition) is 6. The lowest BCUT2D eigenvalue weighted by Gasteiger charge is -2.19. The van der Waals surface area contributed by atoms with Gasteiger partial charge in [0.05, 0.1) is 17.7 Å². The monoisotopic (exact) mass is 666 g/mol. The molecule has 0 amide bonds. The smallest absolute Gasteiger partial charge is 0.331 e. The molecule has 10 nitrogen and oxygen atoms in total. The molecular weight excluding hydrogens is 620 g/mol. The van der Waals surface area contributed by atoms with E-state index in [-0.39, 0.29) is 17.7 Å². The summed E-state index contributed by atoms with van der Waals surface area (Å²) in [5, 5.41) is 0. The van der Waals surface area contributed by atoms with Gasteiger partial charge < -0.3 is 9.47 Å². The SMILES string of the molecule is Cc1cc(C)cc(Cn2c(Oc3cc(C)cc(C)c3)c(C(C)C)c(=O)[nH]c2=O)c1.Cc1cc(C)cc(Oc2[nH]c(=O)[nH]c(=O)c2C(C)C)c1. The molecule has 0 atom stereocenters. The Balaban J connectivity index is 0.000000237. The molecule has 2 aromatic heterocycles. The molecule has 3 aromatic carbocycles. The second kappa shape index (κ2) is 15.2. The first kappa shape index (κ1) is 36.5.